The monoisotopic (exact) mass is 321 g/mol. The Bertz CT molecular complexity index is 303. The van der Waals surface area contributed by atoms with E-state index in [2.05, 4.69) is 44.3 Å². The fourth-order valence-electron chi connectivity index (χ4n) is 1.40. The molecule has 0 rings (SSSR count). The van der Waals surface area contributed by atoms with E-state index in [4.69, 9.17) is 8.85 Å². The molecule has 114 valence electrons. The van der Waals surface area contributed by atoms with Gasteiger partial charge in [-0.25, -0.2) is 0 Å². The zero-order valence-corrected chi connectivity index (χ0v) is 17.0. The summed E-state index contributed by atoms with van der Waals surface area (Å²) < 4.78 is 11.5. The van der Waals surface area contributed by atoms with Gasteiger partial charge in [0.15, 0.2) is 8.32 Å². The van der Waals surface area contributed by atoms with E-state index in [9.17, 15) is 4.79 Å². The Hall–Kier alpha value is 0.0406. The predicted molar refractivity (Wildman–Crippen MR) is 89.0 cm³/mol. The summed E-state index contributed by atoms with van der Waals surface area (Å²) in [6.07, 6.45) is 0. The van der Waals surface area contributed by atoms with E-state index in [-0.39, 0.29) is 12.0 Å². The molecule has 0 saturated heterocycles. The van der Waals surface area contributed by atoms with Gasteiger partial charge < -0.3 is 13.8 Å². The highest BCUT2D eigenvalue weighted by Gasteiger charge is 2.31. The Balaban J connectivity index is 4.72. The molecule has 0 saturated carbocycles. The molecule has 1 unspecified atom stereocenters. The first-order chi connectivity index (χ1) is 8.20. The second-order valence-electron chi connectivity index (χ2n) is 7.90. The van der Waals surface area contributed by atoms with E-state index < -0.39 is 24.9 Å². The van der Waals surface area contributed by atoms with Gasteiger partial charge in [-0.3, -0.25) is 4.79 Å². The van der Waals surface area contributed by atoms with Crippen molar-refractivity contribution in [2.24, 2.45) is 0 Å². The molecule has 0 heterocycles. The molecule has 0 bridgehead atoms. The van der Waals surface area contributed by atoms with Crippen LogP contribution in [-0.2, 0) is 13.6 Å². The van der Waals surface area contributed by atoms with Gasteiger partial charge in [0, 0.05) is 0 Å². The summed E-state index contributed by atoms with van der Waals surface area (Å²) in [6, 6.07) is -0.329. The maximum atomic E-state index is 12.3. The lowest BCUT2D eigenvalue weighted by molar-refractivity contribution is -0.137. The van der Waals surface area contributed by atoms with Gasteiger partial charge >= 0.3 is 5.97 Å². The quantitative estimate of drug-likeness (QED) is 0.732. The molecule has 0 radical (unpaired) electrons. The van der Waals surface area contributed by atoms with Crippen LogP contribution in [0.1, 0.15) is 0 Å². The van der Waals surface area contributed by atoms with Crippen molar-refractivity contribution in [3.8, 4) is 0 Å². The van der Waals surface area contributed by atoms with Crippen LogP contribution >= 0.6 is 0 Å². The van der Waals surface area contributed by atoms with Crippen LogP contribution in [0.3, 0.4) is 0 Å². The average molecular weight is 322 g/mol. The van der Waals surface area contributed by atoms with Crippen molar-refractivity contribution in [2.45, 2.75) is 65.0 Å². The molecule has 0 aliphatic rings. The average Bonchev–Trinajstić information content (AvgIpc) is 2.05. The molecule has 0 aliphatic carbocycles. The van der Waals surface area contributed by atoms with Gasteiger partial charge in [-0.15, -0.1) is 0 Å². The van der Waals surface area contributed by atoms with Crippen molar-refractivity contribution in [3.63, 3.8) is 0 Å². The van der Waals surface area contributed by atoms with Gasteiger partial charge in [-0.05, 0) is 39.3 Å². The van der Waals surface area contributed by atoms with Crippen molar-refractivity contribution in [1.29, 1.82) is 0 Å². The second kappa shape index (κ2) is 6.66. The minimum absolute atomic E-state index is 0.153. The first-order valence-electron chi connectivity index (χ1n) is 6.84. The summed E-state index contributed by atoms with van der Waals surface area (Å²) in [7, 11) is -5.03. The minimum Gasteiger partial charge on any atom is -0.519 e. The van der Waals surface area contributed by atoms with E-state index in [1.54, 1.807) is 0 Å². The van der Waals surface area contributed by atoms with E-state index in [1.807, 2.05) is 19.6 Å². The van der Waals surface area contributed by atoms with Crippen LogP contribution in [0.15, 0.2) is 0 Å². The smallest absolute Gasteiger partial charge is 0.311 e. The van der Waals surface area contributed by atoms with Crippen molar-refractivity contribution in [2.75, 3.05) is 6.61 Å². The number of rotatable bonds is 7. The van der Waals surface area contributed by atoms with Crippen molar-refractivity contribution in [1.82, 2.24) is 4.98 Å². The van der Waals surface area contributed by atoms with Gasteiger partial charge in [-0.1, -0.05) is 19.6 Å². The first-order valence-corrected chi connectivity index (χ1v) is 17.2. The standard InChI is InChI=1S/C12H31NO3Si3/c1-17(2,3)13-11(10-15-18(4,5)6)12(14)16-19(7,8)9/h11,13H,10H2,1-9H3. The lowest BCUT2D eigenvalue weighted by Gasteiger charge is -2.30. The third-order valence-corrected chi connectivity index (χ3v) is 5.04. The number of hydrogen-bond donors (Lipinski definition) is 1. The second-order valence-corrected chi connectivity index (χ2v) is 21.6. The normalized spacial score (nSPS) is 15.2. The molecule has 0 spiro atoms. The zero-order chi connectivity index (χ0) is 15.5. The largest absolute Gasteiger partial charge is 0.519 e. The highest BCUT2D eigenvalue weighted by Crippen LogP contribution is 2.10. The van der Waals surface area contributed by atoms with Crippen molar-refractivity contribution >= 4 is 30.8 Å². The predicted octanol–water partition coefficient (Wildman–Crippen LogP) is 3.01. The zero-order valence-electron chi connectivity index (χ0n) is 14.0. The lowest BCUT2D eigenvalue weighted by Crippen LogP contribution is -2.56. The van der Waals surface area contributed by atoms with E-state index in [0.717, 1.165) is 0 Å². The molecule has 19 heavy (non-hydrogen) atoms. The maximum Gasteiger partial charge on any atom is 0.311 e. The first kappa shape index (κ1) is 19.0. The fourth-order valence-corrected chi connectivity index (χ4v) is 4.06. The molecule has 0 amide bonds. The SMILES string of the molecule is C[Si](C)(C)NC(CO[Si](C)(C)C)C(=O)O[Si](C)(C)C. The number of carbonyl (C=O) groups is 1. The van der Waals surface area contributed by atoms with Crippen LogP contribution in [0, 0.1) is 0 Å². The molecule has 0 aromatic rings. The Morgan fingerprint density at radius 3 is 1.74 bits per heavy atom. The van der Waals surface area contributed by atoms with Gasteiger partial charge in [0.25, 0.3) is 0 Å². The lowest BCUT2D eigenvalue weighted by atomic mass is 10.3. The van der Waals surface area contributed by atoms with Crippen LogP contribution in [0.4, 0.5) is 0 Å². The molecular weight excluding hydrogens is 290 g/mol. The number of nitrogens with one attached hydrogen (secondary N) is 1. The van der Waals surface area contributed by atoms with Crippen molar-refractivity contribution in [3.05, 3.63) is 0 Å². The summed E-state index contributed by atoms with van der Waals surface area (Å²) in [5.41, 5.74) is 0. The maximum absolute atomic E-state index is 12.3. The Kier molecular flexibility index (Phi) is 6.68. The molecule has 1 N–H and O–H groups in total. The van der Waals surface area contributed by atoms with Crippen LogP contribution < -0.4 is 4.98 Å². The van der Waals surface area contributed by atoms with Gasteiger partial charge in [0.05, 0.1) is 6.61 Å². The Morgan fingerprint density at radius 2 is 1.42 bits per heavy atom. The highest BCUT2D eigenvalue weighted by molar-refractivity contribution is 6.74. The number of carbonyl (C=O) groups excluding carboxylic acids is 1. The highest BCUT2D eigenvalue weighted by atomic mass is 28.4. The third kappa shape index (κ3) is 11.6. The van der Waals surface area contributed by atoms with Gasteiger partial charge in [0.1, 0.15) is 14.3 Å². The van der Waals surface area contributed by atoms with Crippen LogP contribution in [0.2, 0.25) is 58.9 Å². The van der Waals surface area contributed by atoms with E-state index in [0.29, 0.717) is 6.61 Å². The molecule has 0 aromatic heterocycles. The molecular formula is C12H31NO3Si3. The summed E-state index contributed by atoms with van der Waals surface area (Å²) in [5, 5.41) is 0. The van der Waals surface area contributed by atoms with Gasteiger partial charge in [0.2, 0.25) is 8.32 Å². The van der Waals surface area contributed by atoms with Crippen molar-refractivity contribution < 1.29 is 13.6 Å². The van der Waals surface area contributed by atoms with Gasteiger partial charge in [-0.2, -0.15) is 0 Å². The fraction of sp³-hybridized carbons (Fsp3) is 0.917. The summed E-state index contributed by atoms with van der Waals surface area (Å²) in [4.78, 5) is 15.7. The molecule has 4 nitrogen and oxygen atoms in total. The summed E-state index contributed by atoms with van der Waals surface area (Å²) >= 11 is 0. The molecule has 0 fully saturated rings. The van der Waals surface area contributed by atoms with E-state index >= 15 is 0 Å². The molecule has 1 atom stereocenters. The molecule has 0 aromatic carbocycles. The molecule has 0 aliphatic heterocycles. The van der Waals surface area contributed by atoms with Crippen LogP contribution in [-0.4, -0.2) is 43.5 Å². The summed E-state index contributed by atoms with van der Waals surface area (Å²) in [5.74, 6) is -0.153. The third-order valence-electron chi connectivity index (χ3n) is 1.98. The minimum atomic E-state index is -1.85. The van der Waals surface area contributed by atoms with E-state index in [1.165, 1.54) is 0 Å². The van der Waals surface area contributed by atoms with Crippen LogP contribution in [0.25, 0.3) is 0 Å². The Morgan fingerprint density at radius 1 is 0.947 bits per heavy atom. The number of hydrogen-bond acceptors (Lipinski definition) is 4. The summed E-state index contributed by atoms with van der Waals surface area (Å²) in [6.45, 7) is 19.4. The topological polar surface area (TPSA) is 47.6 Å². The Labute approximate surface area is 121 Å². The molecule has 7 heteroatoms. The van der Waals surface area contributed by atoms with Crippen LogP contribution in [0.5, 0.6) is 0 Å².